The first kappa shape index (κ1) is 22.0. The lowest BCUT2D eigenvalue weighted by atomic mass is 10.3. The Labute approximate surface area is 165 Å². The van der Waals surface area contributed by atoms with Gasteiger partial charge in [0, 0.05) is 33.3 Å². The van der Waals surface area contributed by atoms with Crippen molar-refractivity contribution >= 4 is 29.9 Å². The highest BCUT2D eigenvalue weighted by Crippen LogP contribution is 2.28. The van der Waals surface area contributed by atoms with Crippen LogP contribution in [0.15, 0.2) is 4.99 Å². The number of hydrogen-bond acceptors (Lipinski definition) is 3. The van der Waals surface area contributed by atoms with E-state index in [4.69, 9.17) is 9.73 Å². The van der Waals surface area contributed by atoms with E-state index in [1.54, 1.807) is 0 Å². The summed E-state index contributed by atoms with van der Waals surface area (Å²) in [5.41, 5.74) is 0. The number of nitrogens with zero attached hydrogens (tertiary/aromatic N) is 3. The first-order chi connectivity index (χ1) is 11.3. The molecule has 0 aromatic rings. The highest BCUT2D eigenvalue weighted by atomic mass is 127. The number of unbranched alkanes of at least 4 members (excludes halogenated alkanes) is 1. The van der Waals surface area contributed by atoms with Crippen molar-refractivity contribution in [3.63, 3.8) is 0 Å². The molecule has 0 unspecified atom stereocenters. The Morgan fingerprint density at radius 2 is 2.00 bits per heavy atom. The maximum Gasteiger partial charge on any atom is 0.193 e. The molecule has 1 saturated heterocycles. The predicted octanol–water partition coefficient (Wildman–Crippen LogP) is 2.80. The van der Waals surface area contributed by atoms with Gasteiger partial charge >= 0.3 is 0 Å². The molecule has 142 valence electrons. The molecule has 6 heteroatoms. The van der Waals surface area contributed by atoms with Crippen molar-refractivity contribution in [2.45, 2.75) is 45.4 Å². The van der Waals surface area contributed by atoms with Crippen LogP contribution in [-0.4, -0.2) is 75.3 Å². The van der Waals surface area contributed by atoms with Gasteiger partial charge in [0.25, 0.3) is 0 Å². The SMILES string of the molecule is CCNC(=NCCCCN1CCCC1)N(C)CCOCC1CC1.I. The molecule has 2 rings (SSSR count). The highest BCUT2D eigenvalue weighted by Gasteiger charge is 2.21. The van der Waals surface area contributed by atoms with E-state index in [-0.39, 0.29) is 24.0 Å². The molecule has 0 bridgehead atoms. The Kier molecular flexibility index (Phi) is 12.0. The molecule has 0 amide bonds. The smallest absolute Gasteiger partial charge is 0.193 e. The summed E-state index contributed by atoms with van der Waals surface area (Å²) < 4.78 is 5.73. The minimum Gasteiger partial charge on any atom is -0.379 e. The van der Waals surface area contributed by atoms with Crippen LogP contribution < -0.4 is 5.32 Å². The van der Waals surface area contributed by atoms with Crippen molar-refractivity contribution in [3.8, 4) is 0 Å². The molecular formula is C18H37IN4O. The second-order valence-electron chi connectivity index (χ2n) is 6.93. The molecule has 5 nitrogen and oxygen atoms in total. The zero-order valence-electron chi connectivity index (χ0n) is 15.6. The number of hydrogen-bond donors (Lipinski definition) is 1. The number of aliphatic imine (C=N–C) groups is 1. The number of rotatable bonds is 11. The summed E-state index contributed by atoms with van der Waals surface area (Å²) >= 11 is 0. The number of guanidine groups is 1. The molecule has 1 heterocycles. The van der Waals surface area contributed by atoms with Crippen molar-refractivity contribution in [3.05, 3.63) is 0 Å². The quantitative estimate of drug-likeness (QED) is 0.227. The summed E-state index contributed by atoms with van der Waals surface area (Å²) in [6.07, 6.45) is 7.93. The fourth-order valence-electron chi connectivity index (χ4n) is 2.95. The summed E-state index contributed by atoms with van der Waals surface area (Å²) in [5, 5.41) is 3.39. The van der Waals surface area contributed by atoms with Crippen molar-refractivity contribution in [1.82, 2.24) is 15.1 Å². The van der Waals surface area contributed by atoms with E-state index in [0.717, 1.165) is 44.7 Å². The van der Waals surface area contributed by atoms with Crippen molar-refractivity contribution < 1.29 is 4.74 Å². The Morgan fingerprint density at radius 1 is 1.25 bits per heavy atom. The van der Waals surface area contributed by atoms with Gasteiger partial charge in [-0.15, -0.1) is 24.0 Å². The minimum absolute atomic E-state index is 0. The van der Waals surface area contributed by atoms with Gasteiger partial charge < -0.3 is 19.9 Å². The maximum absolute atomic E-state index is 5.73. The van der Waals surface area contributed by atoms with Crippen LogP contribution >= 0.6 is 24.0 Å². The number of halogens is 1. The lowest BCUT2D eigenvalue weighted by molar-refractivity contribution is 0.115. The number of ether oxygens (including phenoxy) is 1. The molecule has 2 fully saturated rings. The predicted molar refractivity (Wildman–Crippen MR) is 112 cm³/mol. The lowest BCUT2D eigenvalue weighted by Crippen LogP contribution is -2.40. The van der Waals surface area contributed by atoms with E-state index in [9.17, 15) is 0 Å². The fraction of sp³-hybridized carbons (Fsp3) is 0.944. The first-order valence-corrected chi connectivity index (χ1v) is 9.59. The molecule has 0 aromatic carbocycles. The standard InChI is InChI=1S/C18H36N4O.HI/c1-3-19-18(21(2)14-15-23-16-17-8-9-17)20-10-4-5-11-22-12-6-7-13-22;/h17H,3-16H2,1-2H3,(H,19,20);1H. The molecular weight excluding hydrogens is 415 g/mol. The van der Waals surface area contributed by atoms with Crippen LogP contribution in [0.2, 0.25) is 0 Å². The average Bonchev–Trinajstić information content (AvgIpc) is 3.23. The zero-order valence-corrected chi connectivity index (χ0v) is 18.0. The van der Waals surface area contributed by atoms with Gasteiger partial charge in [-0.2, -0.15) is 0 Å². The Morgan fingerprint density at radius 3 is 2.67 bits per heavy atom. The van der Waals surface area contributed by atoms with Gasteiger partial charge in [-0.3, -0.25) is 4.99 Å². The first-order valence-electron chi connectivity index (χ1n) is 9.59. The molecule has 0 radical (unpaired) electrons. The van der Waals surface area contributed by atoms with E-state index in [1.165, 1.54) is 58.2 Å². The number of likely N-dealkylation sites (tertiary alicyclic amines) is 1. The van der Waals surface area contributed by atoms with E-state index >= 15 is 0 Å². The van der Waals surface area contributed by atoms with Crippen LogP contribution in [0.1, 0.15) is 45.4 Å². The van der Waals surface area contributed by atoms with E-state index in [1.807, 2.05) is 0 Å². The topological polar surface area (TPSA) is 40.1 Å². The third kappa shape index (κ3) is 9.42. The molecule has 0 spiro atoms. The largest absolute Gasteiger partial charge is 0.379 e. The number of likely N-dealkylation sites (N-methyl/N-ethyl adjacent to an activating group) is 1. The lowest BCUT2D eigenvalue weighted by Gasteiger charge is -2.22. The third-order valence-electron chi connectivity index (χ3n) is 4.66. The Hall–Kier alpha value is -0.0800. The Balaban J connectivity index is 0.00000288. The van der Waals surface area contributed by atoms with Gasteiger partial charge in [-0.1, -0.05) is 0 Å². The van der Waals surface area contributed by atoms with Gasteiger partial charge in [-0.05, 0) is 71.0 Å². The van der Waals surface area contributed by atoms with Crippen molar-refractivity contribution in [1.29, 1.82) is 0 Å². The van der Waals surface area contributed by atoms with Crippen LogP contribution in [0, 0.1) is 5.92 Å². The molecule has 1 aliphatic carbocycles. The molecule has 1 saturated carbocycles. The molecule has 1 aliphatic heterocycles. The third-order valence-corrected chi connectivity index (χ3v) is 4.66. The molecule has 2 aliphatic rings. The monoisotopic (exact) mass is 452 g/mol. The number of nitrogens with one attached hydrogen (secondary N) is 1. The fourth-order valence-corrected chi connectivity index (χ4v) is 2.95. The summed E-state index contributed by atoms with van der Waals surface area (Å²) in [6, 6.07) is 0. The normalized spacial score (nSPS) is 18.5. The maximum atomic E-state index is 5.73. The van der Waals surface area contributed by atoms with Crippen LogP contribution in [0.25, 0.3) is 0 Å². The molecule has 1 N–H and O–H groups in total. The Bertz CT molecular complexity index is 344. The summed E-state index contributed by atoms with van der Waals surface area (Å²) in [6.45, 7) is 10.5. The van der Waals surface area contributed by atoms with E-state index in [0.29, 0.717) is 0 Å². The van der Waals surface area contributed by atoms with Crippen LogP contribution in [-0.2, 0) is 4.74 Å². The zero-order chi connectivity index (χ0) is 16.3. The van der Waals surface area contributed by atoms with E-state index < -0.39 is 0 Å². The van der Waals surface area contributed by atoms with Gasteiger partial charge in [0.15, 0.2) is 5.96 Å². The van der Waals surface area contributed by atoms with Gasteiger partial charge in [0.05, 0.1) is 6.61 Å². The van der Waals surface area contributed by atoms with Crippen LogP contribution in [0.4, 0.5) is 0 Å². The van der Waals surface area contributed by atoms with Gasteiger partial charge in [0.1, 0.15) is 0 Å². The second-order valence-corrected chi connectivity index (χ2v) is 6.93. The minimum atomic E-state index is 0. The molecule has 24 heavy (non-hydrogen) atoms. The average molecular weight is 452 g/mol. The summed E-state index contributed by atoms with van der Waals surface area (Å²) in [4.78, 5) is 9.53. The molecule has 0 aromatic heterocycles. The summed E-state index contributed by atoms with van der Waals surface area (Å²) in [5.74, 6) is 1.86. The second kappa shape index (κ2) is 13.2. The van der Waals surface area contributed by atoms with Crippen LogP contribution in [0.3, 0.4) is 0 Å². The van der Waals surface area contributed by atoms with E-state index in [2.05, 4.69) is 29.1 Å². The van der Waals surface area contributed by atoms with Gasteiger partial charge in [-0.25, -0.2) is 0 Å². The highest BCUT2D eigenvalue weighted by molar-refractivity contribution is 14.0. The van der Waals surface area contributed by atoms with Crippen molar-refractivity contribution in [2.24, 2.45) is 10.9 Å². The van der Waals surface area contributed by atoms with Crippen LogP contribution in [0.5, 0.6) is 0 Å². The summed E-state index contributed by atoms with van der Waals surface area (Å²) in [7, 11) is 2.10. The van der Waals surface area contributed by atoms with Crippen molar-refractivity contribution in [2.75, 3.05) is 59.5 Å². The van der Waals surface area contributed by atoms with Gasteiger partial charge in [0.2, 0.25) is 0 Å². The molecule has 0 atom stereocenters.